The molecule has 0 radical (unpaired) electrons. The van der Waals surface area contributed by atoms with Gasteiger partial charge in [0.1, 0.15) is 0 Å². The van der Waals surface area contributed by atoms with Gasteiger partial charge in [0.05, 0.1) is 18.8 Å². The zero-order valence-electron chi connectivity index (χ0n) is 17.4. The Morgan fingerprint density at radius 1 is 1.24 bits per heavy atom. The number of aliphatic imine (C=N–C) groups is 1. The molecule has 6 heteroatoms. The van der Waals surface area contributed by atoms with Crippen LogP contribution in [0.2, 0.25) is 0 Å². The largest absolute Gasteiger partial charge is 0.392 e. The van der Waals surface area contributed by atoms with E-state index < -0.39 is 0 Å². The van der Waals surface area contributed by atoms with Crippen LogP contribution in [-0.4, -0.2) is 41.7 Å². The quantitative estimate of drug-likeness (QED) is 0.621. The Balaban J connectivity index is 1.72. The van der Waals surface area contributed by atoms with Crippen LogP contribution in [-0.2, 0) is 11.3 Å². The van der Waals surface area contributed by atoms with E-state index in [1.165, 1.54) is 32.1 Å². The van der Waals surface area contributed by atoms with Crippen LogP contribution in [0.3, 0.4) is 0 Å². The summed E-state index contributed by atoms with van der Waals surface area (Å²) in [6.45, 7) is 3.30. The molecule has 2 aromatic rings. The molecule has 0 atom stereocenters. The van der Waals surface area contributed by atoms with Gasteiger partial charge in [0.2, 0.25) is 5.82 Å². The maximum absolute atomic E-state index is 9.19. The lowest BCUT2D eigenvalue weighted by atomic mass is 9.87. The van der Waals surface area contributed by atoms with E-state index >= 15 is 0 Å². The van der Waals surface area contributed by atoms with E-state index in [1.54, 1.807) is 7.11 Å². The fraction of sp³-hybridized carbons (Fsp3) is 0.522. The van der Waals surface area contributed by atoms with Crippen LogP contribution in [0.5, 0.6) is 0 Å². The van der Waals surface area contributed by atoms with Crippen LogP contribution in [0, 0.1) is 5.92 Å². The number of aliphatic hydroxyl groups is 1. The predicted molar refractivity (Wildman–Crippen MR) is 115 cm³/mol. The Hall–Kier alpha value is -2.31. The van der Waals surface area contributed by atoms with Crippen molar-refractivity contribution in [2.24, 2.45) is 10.9 Å². The highest BCUT2D eigenvalue weighted by Crippen LogP contribution is 2.26. The van der Waals surface area contributed by atoms with E-state index in [4.69, 9.17) is 9.26 Å². The molecule has 1 aromatic heterocycles. The van der Waals surface area contributed by atoms with Gasteiger partial charge in [-0.25, -0.2) is 0 Å². The van der Waals surface area contributed by atoms with Crippen molar-refractivity contribution in [3.63, 3.8) is 0 Å². The average molecular weight is 398 g/mol. The smallest absolute Gasteiger partial charge is 0.259 e. The van der Waals surface area contributed by atoms with Crippen LogP contribution in [0.15, 0.2) is 39.4 Å². The molecule has 1 aliphatic carbocycles. The lowest BCUT2D eigenvalue weighted by Crippen LogP contribution is -2.07. The van der Waals surface area contributed by atoms with Gasteiger partial charge in [-0.2, -0.15) is 4.98 Å². The SMILES string of the molecule is COCC(C)=C(C=NCCC1CCCCC1)c1nc(-c2ccc(CO)cc2)no1. The van der Waals surface area contributed by atoms with Crippen molar-refractivity contribution < 1.29 is 14.4 Å². The van der Waals surface area contributed by atoms with Gasteiger partial charge in [-0.1, -0.05) is 61.5 Å². The summed E-state index contributed by atoms with van der Waals surface area (Å²) in [5.74, 6) is 1.77. The van der Waals surface area contributed by atoms with E-state index in [2.05, 4.69) is 15.1 Å². The maximum atomic E-state index is 9.19. The first-order chi connectivity index (χ1) is 14.2. The van der Waals surface area contributed by atoms with Crippen LogP contribution in [0.4, 0.5) is 0 Å². The molecule has 29 heavy (non-hydrogen) atoms. The second-order valence-electron chi connectivity index (χ2n) is 7.73. The van der Waals surface area contributed by atoms with Crippen molar-refractivity contribution in [3.05, 3.63) is 41.3 Å². The van der Waals surface area contributed by atoms with Crippen LogP contribution in [0.1, 0.15) is 56.9 Å². The standard InChI is InChI=1S/C23H31N3O3/c1-17(16-28-2)21(14-24-13-12-18-6-4-3-5-7-18)23-25-22(26-29-23)20-10-8-19(15-27)9-11-20/h8-11,14,18,27H,3-7,12-13,15-16H2,1-2H3. The monoisotopic (exact) mass is 397 g/mol. The molecule has 0 bridgehead atoms. The number of hydrogen-bond acceptors (Lipinski definition) is 6. The topological polar surface area (TPSA) is 80.7 Å². The Morgan fingerprint density at radius 2 is 2.00 bits per heavy atom. The van der Waals surface area contributed by atoms with Crippen molar-refractivity contribution in [2.45, 2.75) is 52.1 Å². The number of aromatic nitrogens is 2. The highest BCUT2D eigenvalue weighted by atomic mass is 16.5. The highest BCUT2D eigenvalue weighted by molar-refractivity contribution is 6.09. The first-order valence-electron chi connectivity index (χ1n) is 10.4. The summed E-state index contributed by atoms with van der Waals surface area (Å²) in [6, 6.07) is 7.46. The summed E-state index contributed by atoms with van der Waals surface area (Å²) in [6.07, 6.45) is 9.76. The van der Waals surface area contributed by atoms with Crippen molar-refractivity contribution in [2.75, 3.05) is 20.3 Å². The first-order valence-corrected chi connectivity index (χ1v) is 10.4. The maximum Gasteiger partial charge on any atom is 0.259 e. The van der Waals surface area contributed by atoms with E-state index in [0.717, 1.165) is 41.2 Å². The Labute approximate surface area is 172 Å². The molecular weight excluding hydrogens is 366 g/mol. The Morgan fingerprint density at radius 3 is 2.69 bits per heavy atom. The highest BCUT2D eigenvalue weighted by Gasteiger charge is 2.15. The fourth-order valence-corrected chi connectivity index (χ4v) is 3.74. The zero-order valence-corrected chi connectivity index (χ0v) is 17.4. The predicted octanol–water partition coefficient (Wildman–Crippen LogP) is 4.69. The van der Waals surface area contributed by atoms with E-state index in [-0.39, 0.29) is 6.61 Å². The van der Waals surface area contributed by atoms with Gasteiger partial charge in [0.25, 0.3) is 5.89 Å². The van der Waals surface area contributed by atoms with Crippen molar-refractivity contribution in [1.82, 2.24) is 10.1 Å². The van der Waals surface area contributed by atoms with E-state index in [1.807, 2.05) is 37.4 Å². The van der Waals surface area contributed by atoms with Crippen molar-refractivity contribution in [3.8, 4) is 11.4 Å². The number of hydrogen-bond donors (Lipinski definition) is 1. The minimum Gasteiger partial charge on any atom is -0.392 e. The number of allylic oxidation sites excluding steroid dienone is 1. The molecule has 0 amide bonds. The molecule has 156 valence electrons. The third-order valence-corrected chi connectivity index (χ3v) is 5.48. The number of aliphatic hydroxyl groups excluding tert-OH is 1. The van der Waals surface area contributed by atoms with Gasteiger partial charge < -0.3 is 14.4 Å². The van der Waals surface area contributed by atoms with Gasteiger partial charge in [0, 0.05) is 25.4 Å². The van der Waals surface area contributed by atoms with E-state index in [0.29, 0.717) is 18.3 Å². The van der Waals surface area contributed by atoms with Crippen LogP contribution >= 0.6 is 0 Å². The summed E-state index contributed by atoms with van der Waals surface area (Å²) in [4.78, 5) is 9.22. The molecule has 1 fully saturated rings. The van der Waals surface area contributed by atoms with Crippen molar-refractivity contribution in [1.29, 1.82) is 0 Å². The molecule has 1 N–H and O–H groups in total. The molecule has 1 aliphatic rings. The number of nitrogens with zero attached hydrogens (tertiary/aromatic N) is 3. The molecule has 3 rings (SSSR count). The molecule has 1 heterocycles. The van der Waals surface area contributed by atoms with Crippen LogP contribution < -0.4 is 0 Å². The average Bonchev–Trinajstić information content (AvgIpc) is 3.24. The van der Waals surface area contributed by atoms with Gasteiger partial charge >= 0.3 is 0 Å². The lowest BCUT2D eigenvalue weighted by molar-refractivity contribution is 0.226. The Kier molecular flexibility index (Phi) is 8.14. The molecule has 0 aliphatic heterocycles. The minimum absolute atomic E-state index is 0.0121. The van der Waals surface area contributed by atoms with Crippen molar-refractivity contribution >= 4 is 11.8 Å². The second-order valence-corrected chi connectivity index (χ2v) is 7.73. The summed E-state index contributed by atoms with van der Waals surface area (Å²) >= 11 is 0. The number of rotatable bonds is 9. The number of ether oxygens (including phenoxy) is 1. The molecule has 0 saturated heterocycles. The Bertz CT molecular complexity index is 818. The molecular formula is C23H31N3O3. The van der Waals surface area contributed by atoms with E-state index in [9.17, 15) is 5.11 Å². The minimum atomic E-state index is 0.0121. The molecule has 0 spiro atoms. The lowest BCUT2D eigenvalue weighted by Gasteiger charge is -2.20. The summed E-state index contributed by atoms with van der Waals surface area (Å²) < 4.78 is 10.8. The normalized spacial score (nSPS) is 16.4. The van der Waals surface area contributed by atoms with Gasteiger partial charge in [-0.05, 0) is 30.4 Å². The van der Waals surface area contributed by atoms with Crippen LogP contribution in [0.25, 0.3) is 17.0 Å². The molecule has 6 nitrogen and oxygen atoms in total. The van der Waals surface area contributed by atoms with Gasteiger partial charge in [0.15, 0.2) is 0 Å². The summed E-state index contributed by atoms with van der Waals surface area (Å²) in [5.41, 5.74) is 3.51. The van der Waals surface area contributed by atoms with Gasteiger partial charge in [-0.3, -0.25) is 4.99 Å². The second kappa shape index (κ2) is 11.0. The summed E-state index contributed by atoms with van der Waals surface area (Å²) in [7, 11) is 1.67. The third kappa shape index (κ3) is 6.08. The fourth-order valence-electron chi connectivity index (χ4n) is 3.74. The first kappa shape index (κ1) is 21.4. The summed E-state index contributed by atoms with van der Waals surface area (Å²) in [5, 5.41) is 13.3. The zero-order chi connectivity index (χ0) is 20.5. The van der Waals surface area contributed by atoms with Gasteiger partial charge in [-0.15, -0.1) is 0 Å². The third-order valence-electron chi connectivity index (χ3n) is 5.48. The molecule has 1 saturated carbocycles. The molecule has 0 unspecified atom stereocenters. The number of benzene rings is 1. The molecule has 1 aromatic carbocycles. The number of methoxy groups -OCH3 is 1.